The standard InChI is InChI=1S/C12H12FN3O2/c1-8-14-11(6-7-12(17)18)15-16(8)10-5-3-2-4-9(10)13/h2-5H,6-7H2,1H3,(H,17,18). The van der Waals surface area contributed by atoms with Gasteiger partial charge >= 0.3 is 5.97 Å². The molecule has 6 heteroatoms. The van der Waals surface area contributed by atoms with Gasteiger partial charge in [0.15, 0.2) is 5.82 Å². The van der Waals surface area contributed by atoms with Gasteiger partial charge in [0.1, 0.15) is 17.3 Å². The van der Waals surface area contributed by atoms with Crippen molar-refractivity contribution in [1.82, 2.24) is 14.8 Å². The number of benzene rings is 1. The van der Waals surface area contributed by atoms with Crippen molar-refractivity contribution in [3.8, 4) is 5.69 Å². The van der Waals surface area contributed by atoms with E-state index < -0.39 is 11.8 Å². The number of hydrogen-bond donors (Lipinski definition) is 1. The van der Waals surface area contributed by atoms with E-state index in [2.05, 4.69) is 10.1 Å². The van der Waals surface area contributed by atoms with Crippen molar-refractivity contribution in [3.63, 3.8) is 0 Å². The minimum absolute atomic E-state index is 0.0409. The zero-order valence-corrected chi connectivity index (χ0v) is 9.80. The Labute approximate surface area is 103 Å². The molecule has 5 nitrogen and oxygen atoms in total. The van der Waals surface area contributed by atoms with Crippen LogP contribution in [0, 0.1) is 12.7 Å². The van der Waals surface area contributed by atoms with E-state index in [1.54, 1.807) is 25.1 Å². The Bertz CT molecular complexity index is 580. The topological polar surface area (TPSA) is 68.0 Å². The molecule has 1 N–H and O–H groups in total. The summed E-state index contributed by atoms with van der Waals surface area (Å²) in [5.74, 6) is -0.371. The molecule has 0 spiro atoms. The van der Waals surface area contributed by atoms with Crippen LogP contribution in [0.4, 0.5) is 4.39 Å². The first kappa shape index (κ1) is 12.2. The van der Waals surface area contributed by atoms with Gasteiger partial charge < -0.3 is 5.11 Å². The third-order valence-corrected chi connectivity index (χ3v) is 2.46. The largest absolute Gasteiger partial charge is 0.481 e. The van der Waals surface area contributed by atoms with E-state index >= 15 is 0 Å². The van der Waals surface area contributed by atoms with E-state index in [1.807, 2.05) is 0 Å². The Balaban J connectivity index is 2.30. The molecule has 1 aromatic carbocycles. The predicted octanol–water partition coefficient (Wildman–Crippen LogP) is 1.73. The minimum Gasteiger partial charge on any atom is -0.481 e. The lowest BCUT2D eigenvalue weighted by Crippen LogP contribution is -2.03. The summed E-state index contributed by atoms with van der Waals surface area (Å²) in [6, 6.07) is 6.23. The summed E-state index contributed by atoms with van der Waals surface area (Å²) in [5, 5.41) is 12.7. The van der Waals surface area contributed by atoms with Gasteiger partial charge in [-0.05, 0) is 19.1 Å². The first-order valence-corrected chi connectivity index (χ1v) is 5.47. The molecule has 0 aliphatic carbocycles. The molecule has 0 bridgehead atoms. The van der Waals surface area contributed by atoms with Crippen LogP contribution in [0.15, 0.2) is 24.3 Å². The van der Waals surface area contributed by atoms with Gasteiger partial charge in [-0.1, -0.05) is 12.1 Å². The van der Waals surface area contributed by atoms with Gasteiger partial charge in [-0.15, -0.1) is 0 Å². The van der Waals surface area contributed by atoms with Gasteiger partial charge in [0.05, 0.1) is 6.42 Å². The third kappa shape index (κ3) is 2.53. The van der Waals surface area contributed by atoms with Crippen LogP contribution in [-0.4, -0.2) is 25.8 Å². The molecule has 0 saturated heterocycles. The van der Waals surface area contributed by atoms with Crippen molar-refractivity contribution in [2.45, 2.75) is 19.8 Å². The van der Waals surface area contributed by atoms with Gasteiger partial charge in [0, 0.05) is 6.42 Å². The van der Waals surface area contributed by atoms with Crippen LogP contribution in [0.3, 0.4) is 0 Å². The van der Waals surface area contributed by atoms with Crippen LogP contribution in [0.2, 0.25) is 0 Å². The number of para-hydroxylation sites is 1. The lowest BCUT2D eigenvalue weighted by Gasteiger charge is -2.03. The van der Waals surface area contributed by atoms with E-state index in [0.717, 1.165) is 0 Å². The minimum atomic E-state index is -0.908. The third-order valence-electron chi connectivity index (χ3n) is 2.46. The maximum atomic E-state index is 13.6. The average molecular weight is 249 g/mol. The summed E-state index contributed by atoms with van der Waals surface area (Å²) in [6.07, 6.45) is 0.193. The lowest BCUT2D eigenvalue weighted by molar-refractivity contribution is -0.137. The summed E-state index contributed by atoms with van der Waals surface area (Å²) in [7, 11) is 0. The number of rotatable bonds is 4. The highest BCUT2D eigenvalue weighted by Crippen LogP contribution is 2.14. The molecule has 18 heavy (non-hydrogen) atoms. The molecule has 2 aromatic rings. The number of nitrogens with zero attached hydrogens (tertiary/aromatic N) is 3. The monoisotopic (exact) mass is 249 g/mol. The normalized spacial score (nSPS) is 10.6. The van der Waals surface area contributed by atoms with Gasteiger partial charge in [-0.2, -0.15) is 5.10 Å². The number of aliphatic carboxylic acids is 1. The molecule has 0 fully saturated rings. The quantitative estimate of drug-likeness (QED) is 0.896. The molecule has 0 unspecified atom stereocenters. The van der Waals surface area contributed by atoms with Crippen LogP contribution in [0.1, 0.15) is 18.1 Å². The number of hydrogen-bond acceptors (Lipinski definition) is 3. The average Bonchev–Trinajstić information content (AvgIpc) is 2.69. The highest BCUT2D eigenvalue weighted by atomic mass is 19.1. The van der Waals surface area contributed by atoms with E-state index in [-0.39, 0.29) is 12.8 Å². The van der Waals surface area contributed by atoms with Crippen molar-refractivity contribution in [2.75, 3.05) is 0 Å². The first-order valence-electron chi connectivity index (χ1n) is 5.47. The van der Waals surface area contributed by atoms with Gasteiger partial charge in [-0.3, -0.25) is 4.79 Å². The Kier molecular flexibility index (Phi) is 3.36. The van der Waals surface area contributed by atoms with Crippen molar-refractivity contribution in [3.05, 3.63) is 41.7 Å². The van der Waals surface area contributed by atoms with Crippen molar-refractivity contribution in [1.29, 1.82) is 0 Å². The van der Waals surface area contributed by atoms with Crippen molar-refractivity contribution >= 4 is 5.97 Å². The van der Waals surface area contributed by atoms with Crippen LogP contribution in [0.25, 0.3) is 5.69 Å². The molecule has 0 saturated carbocycles. The lowest BCUT2D eigenvalue weighted by atomic mass is 10.3. The smallest absolute Gasteiger partial charge is 0.303 e. The maximum absolute atomic E-state index is 13.6. The number of carboxylic acids is 1. The van der Waals surface area contributed by atoms with Crippen LogP contribution < -0.4 is 0 Å². The second-order valence-corrected chi connectivity index (χ2v) is 3.83. The Morgan fingerprint density at radius 1 is 1.44 bits per heavy atom. The van der Waals surface area contributed by atoms with Gasteiger partial charge in [-0.25, -0.2) is 14.1 Å². The van der Waals surface area contributed by atoms with Gasteiger partial charge in [0.25, 0.3) is 0 Å². The van der Waals surface area contributed by atoms with E-state index in [1.165, 1.54) is 10.7 Å². The fourth-order valence-electron chi connectivity index (χ4n) is 1.62. The fourth-order valence-corrected chi connectivity index (χ4v) is 1.62. The number of halogens is 1. The summed E-state index contributed by atoms with van der Waals surface area (Å²) in [5.41, 5.74) is 0.309. The van der Waals surface area contributed by atoms with E-state index in [0.29, 0.717) is 17.3 Å². The van der Waals surface area contributed by atoms with E-state index in [4.69, 9.17) is 5.11 Å². The van der Waals surface area contributed by atoms with Gasteiger partial charge in [0.2, 0.25) is 0 Å². The zero-order chi connectivity index (χ0) is 13.1. The molecule has 0 amide bonds. The van der Waals surface area contributed by atoms with Crippen molar-refractivity contribution < 1.29 is 14.3 Å². The second kappa shape index (κ2) is 4.95. The van der Waals surface area contributed by atoms with Crippen LogP contribution >= 0.6 is 0 Å². The highest BCUT2D eigenvalue weighted by molar-refractivity contribution is 5.66. The molecule has 2 rings (SSSR count). The predicted molar refractivity (Wildman–Crippen MR) is 62.0 cm³/mol. The molecule has 0 radical (unpaired) electrons. The van der Waals surface area contributed by atoms with Crippen LogP contribution in [0.5, 0.6) is 0 Å². The summed E-state index contributed by atoms with van der Waals surface area (Å²) in [6.45, 7) is 1.70. The molecule has 94 valence electrons. The number of carbonyl (C=O) groups is 1. The highest BCUT2D eigenvalue weighted by Gasteiger charge is 2.11. The number of aryl methyl sites for hydroxylation is 2. The fraction of sp³-hybridized carbons (Fsp3) is 0.250. The molecule has 0 atom stereocenters. The molecule has 0 aliphatic rings. The second-order valence-electron chi connectivity index (χ2n) is 3.83. The molecule has 1 aromatic heterocycles. The first-order chi connectivity index (χ1) is 8.58. The Morgan fingerprint density at radius 2 is 2.17 bits per heavy atom. The molecular weight excluding hydrogens is 237 g/mol. The Hall–Kier alpha value is -2.24. The number of carboxylic acid groups (broad SMARTS) is 1. The van der Waals surface area contributed by atoms with E-state index in [9.17, 15) is 9.18 Å². The molecular formula is C12H12FN3O2. The molecule has 1 heterocycles. The molecule has 0 aliphatic heterocycles. The summed E-state index contributed by atoms with van der Waals surface area (Å²) >= 11 is 0. The maximum Gasteiger partial charge on any atom is 0.303 e. The Morgan fingerprint density at radius 3 is 2.83 bits per heavy atom. The SMILES string of the molecule is Cc1nc(CCC(=O)O)nn1-c1ccccc1F. The summed E-state index contributed by atoms with van der Waals surface area (Å²) in [4.78, 5) is 14.6. The summed E-state index contributed by atoms with van der Waals surface area (Å²) < 4.78 is 15.0. The van der Waals surface area contributed by atoms with Crippen LogP contribution in [-0.2, 0) is 11.2 Å². The number of aromatic nitrogens is 3. The zero-order valence-electron chi connectivity index (χ0n) is 9.80. The van der Waals surface area contributed by atoms with Crippen molar-refractivity contribution in [2.24, 2.45) is 0 Å².